The summed E-state index contributed by atoms with van der Waals surface area (Å²) >= 11 is 1.68. The van der Waals surface area contributed by atoms with Crippen LogP contribution in [-0.4, -0.2) is 41.7 Å². The smallest absolute Gasteiger partial charge is 0.339 e. The third-order valence-electron chi connectivity index (χ3n) is 3.51. The van der Waals surface area contributed by atoms with E-state index >= 15 is 0 Å². The average molecular weight is 320 g/mol. The fourth-order valence-corrected chi connectivity index (χ4v) is 3.04. The van der Waals surface area contributed by atoms with Gasteiger partial charge in [0.05, 0.1) is 18.3 Å². The fourth-order valence-electron chi connectivity index (χ4n) is 2.27. The van der Waals surface area contributed by atoms with Gasteiger partial charge in [-0.2, -0.15) is 0 Å². The lowest BCUT2D eigenvalue weighted by atomic mass is 10.1. The van der Waals surface area contributed by atoms with Crippen molar-refractivity contribution < 1.29 is 14.6 Å². The van der Waals surface area contributed by atoms with Crippen molar-refractivity contribution in [2.24, 2.45) is 0 Å². The number of carbonyl (C=O) groups is 1. The number of thiazole rings is 1. The van der Waals surface area contributed by atoms with Gasteiger partial charge in [-0.15, -0.1) is 11.3 Å². The summed E-state index contributed by atoms with van der Waals surface area (Å²) in [6.07, 6.45) is 0.953. The molecule has 0 aliphatic rings. The SMILES string of the molecule is COc1ccc(CN(C)CCc2scnc2C)cc1C(=O)O. The molecular formula is C16H20N2O3S. The highest BCUT2D eigenvalue weighted by molar-refractivity contribution is 7.09. The molecule has 1 heterocycles. The number of rotatable bonds is 7. The van der Waals surface area contributed by atoms with Crippen molar-refractivity contribution in [2.75, 3.05) is 20.7 Å². The molecule has 0 fully saturated rings. The predicted molar refractivity (Wildman–Crippen MR) is 86.8 cm³/mol. The number of methoxy groups -OCH3 is 1. The highest BCUT2D eigenvalue weighted by atomic mass is 32.1. The topological polar surface area (TPSA) is 62.7 Å². The number of carboxylic acids is 1. The summed E-state index contributed by atoms with van der Waals surface area (Å²) in [5.74, 6) is -0.583. The Kier molecular flexibility index (Phi) is 5.51. The van der Waals surface area contributed by atoms with Crippen LogP contribution in [0, 0.1) is 6.92 Å². The third kappa shape index (κ3) is 4.05. The molecule has 0 bridgehead atoms. The van der Waals surface area contributed by atoms with Gasteiger partial charge in [0, 0.05) is 18.0 Å². The molecule has 0 spiro atoms. The fraction of sp³-hybridized carbons (Fsp3) is 0.375. The van der Waals surface area contributed by atoms with Crippen LogP contribution in [0.1, 0.15) is 26.5 Å². The van der Waals surface area contributed by atoms with Crippen molar-refractivity contribution in [3.05, 3.63) is 45.4 Å². The lowest BCUT2D eigenvalue weighted by Crippen LogP contribution is -2.21. The number of ether oxygens (including phenoxy) is 1. The van der Waals surface area contributed by atoms with Crippen LogP contribution >= 0.6 is 11.3 Å². The quantitative estimate of drug-likeness (QED) is 0.850. The van der Waals surface area contributed by atoms with Crippen LogP contribution in [0.25, 0.3) is 0 Å². The maximum atomic E-state index is 11.2. The molecule has 0 radical (unpaired) electrons. The van der Waals surface area contributed by atoms with E-state index in [9.17, 15) is 9.90 Å². The molecule has 118 valence electrons. The molecule has 2 rings (SSSR count). The molecule has 1 aromatic heterocycles. The summed E-state index contributed by atoms with van der Waals surface area (Å²) < 4.78 is 5.08. The first kappa shape index (κ1) is 16.5. The van der Waals surface area contributed by atoms with Crippen molar-refractivity contribution in [1.29, 1.82) is 0 Å². The van der Waals surface area contributed by atoms with E-state index in [0.717, 1.165) is 24.2 Å². The molecule has 1 N–H and O–H groups in total. The summed E-state index contributed by atoms with van der Waals surface area (Å²) in [7, 11) is 3.51. The highest BCUT2D eigenvalue weighted by Gasteiger charge is 2.12. The van der Waals surface area contributed by atoms with Crippen LogP contribution in [0.4, 0.5) is 0 Å². The van der Waals surface area contributed by atoms with E-state index in [1.807, 2.05) is 25.5 Å². The molecule has 0 amide bonds. The van der Waals surface area contributed by atoms with Gasteiger partial charge in [0.25, 0.3) is 0 Å². The molecule has 5 nitrogen and oxygen atoms in total. The van der Waals surface area contributed by atoms with Gasteiger partial charge < -0.3 is 14.7 Å². The van der Waals surface area contributed by atoms with Crippen LogP contribution in [0.3, 0.4) is 0 Å². The van der Waals surface area contributed by atoms with Crippen LogP contribution in [0.2, 0.25) is 0 Å². The maximum absolute atomic E-state index is 11.2. The van der Waals surface area contributed by atoms with Gasteiger partial charge >= 0.3 is 5.97 Å². The predicted octanol–water partition coefficient (Wildman–Crippen LogP) is 2.83. The Labute approximate surface area is 134 Å². The second-order valence-electron chi connectivity index (χ2n) is 5.19. The number of carboxylic acid groups (broad SMARTS) is 1. The molecule has 1 aromatic carbocycles. The van der Waals surface area contributed by atoms with Gasteiger partial charge in [0.2, 0.25) is 0 Å². The Morgan fingerprint density at radius 2 is 2.23 bits per heavy atom. The van der Waals surface area contributed by atoms with Crippen LogP contribution in [-0.2, 0) is 13.0 Å². The first-order valence-corrected chi connectivity index (χ1v) is 7.87. The standard InChI is InChI=1S/C16H20N2O3S/c1-11-15(22-10-17-11)6-7-18(2)9-12-4-5-14(21-3)13(8-12)16(19)20/h4-5,8,10H,6-7,9H2,1-3H3,(H,19,20). The third-order valence-corrected chi connectivity index (χ3v) is 4.51. The minimum absolute atomic E-state index is 0.201. The maximum Gasteiger partial charge on any atom is 0.339 e. The normalized spacial score (nSPS) is 10.9. The molecule has 0 saturated carbocycles. The number of aryl methyl sites for hydroxylation is 1. The van der Waals surface area contributed by atoms with Gasteiger partial charge in [-0.3, -0.25) is 0 Å². The molecule has 22 heavy (non-hydrogen) atoms. The molecule has 2 aromatic rings. The summed E-state index contributed by atoms with van der Waals surface area (Å²) in [6, 6.07) is 5.29. The number of aromatic carboxylic acids is 1. The van der Waals surface area contributed by atoms with E-state index in [4.69, 9.17) is 4.74 Å². The number of hydrogen-bond acceptors (Lipinski definition) is 5. The Morgan fingerprint density at radius 3 is 2.82 bits per heavy atom. The summed E-state index contributed by atoms with van der Waals surface area (Å²) in [5, 5.41) is 9.22. The molecular weight excluding hydrogens is 300 g/mol. The summed E-state index contributed by atoms with van der Waals surface area (Å²) in [6.45, 7) is 3.62. The van der Waals surface area contributed by atoms with Crippen LogP contribution in [0.15, 0.2) is 23.7 Å². The van der Waals surface area contributed by atoms with E-state index in [2.05, 4.69) is 9.88 Å². The summed E-state index contributed by atoms with van der Waals surface area (Å²) in [5.41, 5.74) is 4.12. The summed E-state index contributed by atoms with van der Waals surface area (Å²) in [4.78, 5) is 19.0. The first-order chi connectivity index (χ1) is 10.5. The van der Waals surface area contributed by atoms with Crippen LogP contribution < -0.4 is 4.74 Å². The average Bonchev–Trinajstić information content (AvgIpc) is 2.90. The Balaban J connectivity index is 1.99. The molecule has 0 saturated heterocycles. The van der Waals surface area contributed by atoms with Gasteiger partial charge in [-0.25, -0.2) is 9.78 Å². The second-order valence-corrected chi connectivity index (χ2v) is 6.13. The minimum atomic E-state index is -0.971. The minimum Gasteiger partial charge on any atom is -0.496 e. The highest BCUT2D eigenvalue weighted by Crippen LogP contribution is 2.21. The molecule has 0 atom stereocenters. The van der Waals surface area contributed by atoms with Crippen molar-refractivity contribution in [2.45, 2.75) is 19.9 Å². The lowest BCUT2D eigenvalue weighted by molar-refractivity contribution is 0.0693. The van der Waals surface area contributed by atoms with Crippen LogP contribution in [0.5, 0.6) is 5.75 Å². The lowest BCUT2D eigenvalue weighted by Gasteiger charge is -2.17. The number of hydrogen-bond donors (Lipinski definition) is 1. The zero-order valence-corrected chi connectivity index (χ0v) is 13.8. The number of benzene rings is 1. The van der Waals surface area contributed by atoms with Crippen molar-refractivity contribution >= 4 is 17.3 Å². The Hall–Kier alpha value is -1.92. The number of likely N-dealkylation sites (N-methyl/N-ethyl adjacent to an activating group) is 1. The van der Waals surface area contributed by atoms with E-state index in [1.54, 1.807) is 23.5 Å². The largest absolute Gasteiger partial charge is 0.496 e. The molecule has 0 unspecified atom stereocenters. The Bertz CT molecular complexity index is 655. The van der Waals surface area contributed by atoms with E-state index in [-0.39, 0.29) is 5.56 Å². The van der Waals surface area contributed by atoms with E-state index in [1.165, 1.54) is 12.0 Å². The van der Waals surface area contributed by atoms with Crippen molar-refractivity contribution in [3.8, 4) is 5.75 Å². The van der Waals surface area contributed by atoms with E-state index < -0.39 is 5.97 Å². The second kappa shape index (κ2) is 7.38. The van der Waals surface area contributed by atoms with Crippen molar-refractivity contribution in [1.82, 2.24) is 9.88 Å². The molecule has 6 heteroatoms. The molecule has 0 aliphatic carbocycles. The number of aromatic nitrogens is 1. The van der Waals surface area contributed by atoms with E-state index in [0.29, 0.717) is 12.3 Å². The first-order valence-electron chi connectivity index (χ1n) is 6.99. The Morgan fingerprint density at radius 1 is 1.45 bits per heavy atom. The monoisotopic (exact) mass is 320 g/mol. The number of nitrogens with zero attached hydrogens (tertiary/aromatic N) is 2. The van der Waals surface area contributed by atoms with Gasteiger partial charge in [-0.1, -0.05) is 6.07 Å². The zero-order valence-electron chi connectivity index (χ0n) is 13.0. The van der Waals surface area contributed by atoms with Crippen molar-refractivity contribution in [3.63, 3.8) is 0 Å². The zero-order chi connectivity index (χ0) is 16.1. The van der Waals surface area contributed by atoms with Gasteiger partial charge in [0.15, 0.2) is 0 Å². The van der Waals surface area contributed by atoms with Gasteiger partial charge in [-0.05, 0) is 38.1 Å². The molecule has 0 aliphatic heterocycles. The van der Waals surface area contributed by atoms with Gasteiger partial charge in [0.1, 0.15) is 11.3 Å².